The minimum absolute atomic E-state index is 0.625. The van der Waals surface area contributed by atoms with Crippen molar-refractivity contribution >= 4 is 21.9 Å². The molecule has 0 aliphatic heterocycles. The summed E-state index contributed by atoms with van der Waals surface area (Å²) in [7, 11) is 0. The second kappa shape index (κ2) is 12.2. The Morgan fingerprint density at radius 1 is 0.347 bits per heavy atom. The summed E-state index contributed by atoms with van der Waals surface area (Å²) in [4.78, 5) is 15.0. The topological polar surface area (TPSA) is 51.8 Å². The van der Waals surface area contributed by atoms with Gasteiger partial charge in [0.15, 0.2) is 11.4 Å². The zero-order chi connectivity index (χ0) is 32.6. The van der Waals surface area contributed by atoms with Crippen molar-refractivity contribution in [1.82, 2.24) is 15.0 Å². The summed E-state index contributed by atoms with van der Waals surface area (Å²) in [6.07, 6.45) is 0. The molecule has 230 valence electrons. The molecular formula is C45H29N3O. The number of nitrogens with zero attached hydrogens (tertiary/aromatic N) is 3. The number of aromatic nitrogens is 3. The summed E-state index contributed by atoms with van der Waals surface area (Å²) in [6, 6.07) is 60.5. The Balaban J connectivity index is 1.10. The van der Waals surface area contributed by atoms with Crippen LogP contribution in [0.1, 0.15) is 0 Å². The molecule has 0 radical (unpaired) electrons. The maximum atomic E-state index is 6.15. The third kappa shape index (κ3) is 5.56. The molecule has 0 saturated carbocycles. The zero-order valence-corrected chi connectivity index (χ0v) is 26.5. The van der Waals surface area contributed by atoms with Gasteiger partial charge in [0.2, 0.25) is 5.89 Å². The molecule has 9 rings (SSSR count). The number of rotatable bonds is 6. The predicted molar refractivity (Wildman–Crippen MR) is 200 cm³/mol. The van der Waals surface area contributed by atoms with Crippen LogP contribution in [-0.2, 0) is 0 Å². The van der Waals surface area contributed by atoms with Crippen LogP contribution in [0, 0.1) is 0 Å². The van der Waals surface area contributed by atoms with Gasteiger partial charge in [-0.2, -0.15) is 0 Å². The number of benzene rings is 7. The van der Waals surface area contributed by atoms with Crippen molar-refractivity contribution in [2.45, 2.75) is 0 Å². The minimum atomic E-state index is 0.625. The molecule has 2 aromatic heterocycles. The minimum Gasteiger partial charge on any atom is -0.436 e. The Morgan fingerprint density at radius 3 is 1.57 bits per heavy atom. The molecule has 7 aromatic carbocycles. The van der Waals surface area contributed by atoms with Gasteiger partial charge in [-0.05, 0) is 63.9 Å². The van der Waals surface area contributed by atoms with Gasteiger partial charge in [0.05, 0.1) is 11.4 Å². The van der Waals surface area contributed by atoms with Crippen molar-refractivity contribution in [3.63, 3.8) is 0 Å². The molecule has 0 bridgehead atoms. The van der Waals surface area contributed by atoms with E-state index < -0.39 is 0 Å². The molecule has 0 atom stereocenters. The van der Waals surface area contributed by atoms with Gasteiger partial charge in [0.25, 0.3) is 0 Å². The first-order chi connectivity index (χ1) is 24.2. The second-order valence-electron chi connectivity index (χ2n) is 12.1. The Kier molecular flexibility index (Phi) is 7.10. The average Bonchev–Trinajstić information content (AvgIpc) is 3.63. The molecule has 4 heteroatoms. The van der Waals surface area contributed by atoms with Gasteiger partial charge in [-0.3, -0.25) is 0 Å². The van der Waals surface area contributed by atoms with Gasteiger partial charge in [0, 0.05) is 27.8 Å². The molecule has 0 aliphatic rings. The standard InChI is InChI=1S/C45H29N3O/c1-4-11-30(12-5-1)31-19-21-33(22-20-31)44-46-40(32-13-6-2-7-14-32)29-41(47-44)38-26-24-35-27-37(25-23-36(35)28-38)39-17-10-18-42-43(39)48-45(49-42)34-15-8-3-9-16-34/h1-29H. The van der Waals surface area contributed by atoms with Crippen molar-refractivity contribution in [3.8, 4) is 67.6 Å². The third-order valence-corrected chi connectivity index (χ3v) is 8.93. The van der Waals surface area contributed by atoms with E-state index in [0.717, 1.165) is 72.2 Å². The number of para-hydroxylation sites is 1. The summed E-state index contributed by atoms with van der Waals surface area (Å²) in [5.41, 5.74) is 11.9. The lowest BCUT2D eigenvalue weighted by atomic mass is 9.98. The molecule has 4 nitrogen and oxygen atoms in total. The summed E-state index contributed by atoms with van der Waals surface area (Å²) in [5.74, 6) is 1.32. The first kappa shape index (κ1) is 28.6. The quantitative estimate of drug-likeness (QED) is 0.184. The molecule has 0 amide bonds. The van der Waals surface area contributed by atoms with Crippen molar-refractivity contribution in [2.24, 2.45) is 0 Å². The fraction of sp³-hybridized carbons (Fsp3) is 0. The molecule has 0 unspecified atom stereocenters. The van der Waals surface area contributed by atoms with Crippen molar-refractivity contribution < 1.29 is 4.42 Å². The highest BCUT2D eigenvalue weighted by Crippen LogP contribution is 2.35. The number of hydrogen-bond donors (Lipinski definition) is 0. The van der Waals surface area contributed by atoms with E-state index in [4.69, 9.17) is 19.4 Å². The molecule has 0 aliphatic carbocycles. The van der Waals surface area contributed by atoms with Crippen LogP contribution >= 0.6 is 0 Å². The molecular weight excluding hydrogens is 599 g/mol. The van der Waals surface area contributed by atoms with E-state index in [-0.39, 0.29) is 0 Å². The van der Waals surface area contributed by atoms with E-state index >= 15 is 0 Å². The van der Waals surface area contributed by atoms with E-state index in [1.165, 1.54) is 5.56 Å². The Labute approximate surface area is 284 Å². The number of hydrogen-bond acceptors (Lipinski definition) is 4. The Hall–Kier alpha value is -6.65. The van der Waals surface area contributed by atoms with E-state index in [1.54, 1.807) is 0 Å². The Morgan fingerprint density at radius 2 is 0.878 bits per heavy atom. The van der Waals surface area contributed by atoms with Crippen molar-refractivity contribution in [2.75, 3.05) is 0 Å². The first-order valence-corrected chi connectivity index (χ1v) is 16.4. The number of oxazole rings is 1. The van der Waals surface area contributed by atoms with Gasteiger partial charge in [-0.1, -0.05) is 140 Å². The maximum Gasteiger partial charge on any atom is 0.227 e. The zero-order valence-electron chi connectivity index (χ0n) is 26.5. The molecule has 0 fully saturated rings. The van der Waals surface area contributed by atoms with Gasteiger partial charge >= 0.3 is 0 Å². The highest BCUT2D eigenvalue weighted by atomic mass is 16.3. The SMILES string of the molecule is c1ccc(-c2ccc(-c3nc(-c4ccccc4)cc(-c4ccc5cc(-c6cccc7oc(-c8ccccc8)nc67)ccc5c4)n3)cc2)cc1. The van der Waals surface area contributed by atoms with Gasteiger partial charge < -0.3 is 4.42 Å². The summed E-state index contributed by atoms with van der Waals surface area (Å²) in [6.45, 7) is 0. The van der Waals surface area contributed by atoms with Crippen LogP contribution < -0.4 is 0 Å². The van der Waals surface area contributed by atoms with E-state index in [0.29, 0.717) is 11.7 Å². The van der Waals surface area contributed by atoms with Crippen LogP contribution in [0.25, 0.3) is 89.5 Å². The monoisotopic (exact) mass is 627 g/mol. The van der Waals surface area contributed by atoms with Gasteiger partial charge in [0.1, 0.15) is 5.52 Å². The maximum absolute atomic E-state index is 6.15. The van der Waals surface area contributed by atoms with Gasteiger partial charge in [-0.25, -0.2) is 15.0 Å². The molecule has 49 heavy (non-hydrogen) atoms. The summed E-state index contributed by atoms with van der Waals surface area (Å²) >= 11 is 0. The van der Waals surface area contributed by atoms with Crippen LogP contribution in [-0.4, -0.2) is 15.0 Å². The highest BCUT2D eigenvalue weighted by molar-refractivity contribution is 5.97. The molecule has 0 N–H and O–H groups in total. The fourth-order valence-electron chi connectivity index (χ4n) is 6.38. The molecule has 0 saturated heterocycles. The fourth-order valence-corrected chi connectivity index (χ4v) is 6.38. The van der Waals surface area contributed by atoms with E-state index in [1.807, 2.05) is 66.7 Å². The van der Waals surface area contributed by atoms with Crippen LogP contribution in [0.5, 0.6) is 0 Å². The first-order valence-electron chi connectivity index (χ1n) is 16.4. The molecule has 9 aromatic rings. The lowest BCUT2D eigenvalue weighted by Crippen LogP contribution is -1.96. The number of fused-ring (bicyclic) bond motifs is 2. The van der Waals surface area contributed by atoms with E-state index in [2.05, 4.69) is 109 Å². The molecule has 0 spiro atoms. The van der Waals surface area contributed by atoms with E-state index in [9.17, 15) is 0 Å². The normalized spacial score (nSPS) is 11.3. The lowest BCUT2D eigenvalue weighted by molar-refractivity contribution is 0.620. The smallest absolute Gasteiger partial charge is 0.227 e. The summed E-state index contributed by atoms with van der Waals surface area (Å²) in [5, 5.41) is 2.27. The van der Waals surface area contributed by atoms with Crippen molar-refractivity contribution in [3.05, 3.63) is 176 Å². The van der Waals surface area contributed by atoms with Crippen molar-refractivity contribution in [1.29, 1.82) is 0 Å². The predicted octanol–water partition coefficient (Wildman–Crippen LogP) is 11.8. The van der Waals surface area contributed by atoms with Crippen LogP contribution in [0.15, 0.2) is 180 Å². The van der Waals surface area contributed by atoms with Crippen LogP contribution in [0.3, 0.4) is 0 Å². The van der Waals surface area contributed by atoms with Gasteiger partial charge in [-0.15, -0.1) is 0 Å². The second-order valence-corrected chi connectivity index (χ2v) is 12.1. The largest absolute Gasteiger partial charge is 0.436 e. The third-order valence-electron chi connectivity index (χ3n) is 8.93. The Bertz CT molecular complexity index is 2580. The molecule has 2 heterocycles. The summed E-state index contributed by atoms with van der Waals surface area (Å²) < 4.78 is 6.15. The lowest BCUT2D eigenvalue weighted by Gasteiger charge is -2.11. The van der Waals surface area contributed by atoms with Crippen LogP contribution in [0.2, 0.25) is 0 Å². The average molecular weight is 628 g/mol. The van der Waals surface area contributed by atoms with Crippen LogP contribution in [0.4, 0.5) is 0 Å². The highest BCUT2D eigenvalue weighted by Gasteiger charge is 2.15.